The van der Waals surface area contributed by atoms with Gasteiger partial charge in [0.2, 0.25) is 0 Å². The smallest absolute Gasteiger partial charge is 0.258 e. The maximum absolute atomic E-state index is 11.0. The molecule has 0 spiro atoms. The van der Waals surface area contributed by atoms with Crippen LogP contribution in [0.3, 0.4) is 0 Å². The summed E-state index contributed by atoms with van der Waals surface area (Å²) in [7, 11) is 0. The van der Waals surface area contributed by atoms with E-state index in [2.05, 4.69) is 9.94 Å². The first-order valence-electron chi connectivity index (χ1n) is 5.62. The Hall–Kier alpha value is -3.57. The average Bonchev–Trinajstić information content (AvgIpc) is 2.74. The van der Waals surface area contributed by atoms with Crippen LogP contribution in [-0.2, 0) is 0 Å². The third kappa shape index (κ3) is 2.65. The van der Waals surface area contributed by atoms with Crippen molar-refractivity contribution in [3.63, 3.8) is 0 Å². The molecular formula is C10H7N5O7. The molecule has 0 aliphatic heterocycles. The van der Waals surface area contributed by atoms with Crippen molar-refractivity contribution in [3.8, 4) is 11.6 Å². The number of hydrogen-bond acceptors (Lipinski definition) is 8. The summed E-state index contributed by atoms with van der Waals surface area (Å²) >= 11 is 0. The summed E-state index contributed by atoms with van der Waals surface area (Å²) in [4.78, 5) is 34.8. The van der Waals surface area contributed by atoms with Crippen molar-refractivity contribution in [2.24, 2.45) is 0 Å². The minimum absolute atomic E-state index is 0.0970. The summed E-state index contributed by atoms with van der Waals surface area (Å²) in [6.45, 7) is 1.28. The number of nitro groups is 2. The molecule has 0 aliphatic carbocycles. The summed E-state index contributed by atoms with van der Waals surface area (Å²) in [5.74, 6) is -0.693. The molecule has 0 aliphatic rings. The summed E-state index contributed by atoms with van der Waals surface area (Å²) in [6.07, 6.45) is 0. The van der Waals surface area contributed by atoms with Gasteiger partial charge in [-0.25, -0.2) is 9.52 Å². The van der Waals surface area contributed by atoms with E-state index in [1.165, 1.54) is 19.1 Å². The largest absolute Gasteiger partial charge is 0.340 e. The van der Waals surface area contributed by atoms with Crippen LogP contribution in [0.4, 0.5) is 11.4 Å². The molecule has 0 saturated carbocycles. The van der Waals surface area contributed by atoms with Gasteiger partial charge in [-0.05, 0) is 19.1 Å². The van der Waals surface area contributed by atoms with Crippen molar-refractivity contribution in [3.05, 3.63) is 60.3 Å². The quantitative estimate of drug-likeness (QED) is 0.594. The summed E-state index contributed by atoms with van der Waals surface area (Å²) in [5, 5.41) is 34.7. The van der Waals surface area contributed by atoms with Gasteiger partial charge in [-0.2, -0.15) is 5.10 Å². The normalized spacial score (nSPS) is 10.2. The highest BCUT2D eigenvalue weighted by molar-refractivity contribution is 5.51. The van der Waals surface area contributed by atoms with Crippen molar-refractivity contribution in [1.29, 1.82) is 0 Å². The lowest BCUT2D eigenvalue weighted by molar-refractivity contribution is -0.713. The number of nitrogens with zero attached hydrogens (tertiary/aromatic N) is 5. The fraction of sp³-hybridized carbons (Fsp3) is 0.100. The van der Waals surface area contributed by atoms with Gasteiger partial charge < -0.3 is 0 Å². The third-order valence-corrected chi connectivity index (χ3v) is 2.64. The van der Waals surface area contributed by atoms with E-state index in [1.807, 2.05) is 0 Å². The molecule has 12 heteroatoms. The minimum Gasteiger partial charge on any atom is -0.258 e. The van der Waals surface area contributed by atoms with E-state index in [0.29, 0.717) is 0 Å². The van der Waals surface area contributed by atoms with Gasteiger partial charge in [0.15, 0.2) is 0 Å². The van der Waals surface area contributed by atoms with Gasteiger partial charge in [0.1, 0.15) is 5.69 Å². The molecule has 2 aromatic rings. The van der Waals surface area contributed by atoms with Crippen molar-refractivity contribution in [2.45, 2.75) is 6.92 Å². The number of benzene rings is 1. The molecule has 114 valence electrons. The lowest BCUT2D eigenvalue weighted by Gasteiger charge is -2.04. The van der Waals surface area contributed by atoms with Crippen LogP contribution in [0.1, 0.15) is 5.69 Å². The van der Waals surface area contributed by atoms with Crippen molar-refractivity contribution in [2.75, 3.05) is 0 Å². The van der Waals surface area contributed by atoms with Gasteiger partial charge in [0, 0.05) is 12.1 Å². The second-order valence-corrected chi connectivity index (χ2v) is 4.00. The molecule has 0 atom stereocenters. The van der Waals surface area contributed by atoms with E-state index in [9.17, 15) is 30.3 Å². The first-order chi connectivity index (χ1) is 10.3. The molecule has 12 nitrogen and oxygen atoms in total. The molecule has 1 aromatic carbocycles. The highest BCUT2D eigenvalue weighted by Gasteiger charge is 2.29. The number of nitro benzene ring substituents is 1. The molecular weight excluding hydrogens is 302 g/mol. The SMILES string of the molecule is Cc1nn(-c2ccc([N+](=O)[O-])cc2)c(O[N+](=O)[O-])c1[N+](=O)[O-]. The highest BCUT2D eigenvalue weighted by atomic mass is 17.0. The summed E-state index contributed by atoms with van der Waals surface area (Å²) < 4.78 is 0.833. The second kappa shape index (κ2) is 5.43. The van der Waals surface area contributed by atoms with Gasteiger partial charge in [-0.1, -0.05) is 0 Å². The zero-order valence-electron chi connectivity index (χ0n) is 10.9. The van der Waals surface area contributed by atoms with Crippen molar-refractivity contribution >= 4 is 11.4 Å². The van der Waals surface area contributed by atoms with Gasteiger partial charge in [-0.3, -0.25) is 20.2 Å². The standard InChI is InChI=1S/C10H7N5O7/c1-6-9(14(18)19)10(22-15(20)21)12(11-6)7-2-4-8(5-3-7)13(16)17/h2-5H,1H3. The number of non-ortho nitro benzene ring substituents is 1. The van der Waals surface area contributed by atoms with Crippen LogP contribution in [0.15, 0.2) is 24.3 Å². The molecule has 0 radical (unpaired) electrons. The van der Waals surface area contributed by atoms with Crippen LogP contribution in [0.2, 0.25) is 0 Å². The van der Waals surface area contributed by atoms with Crippen molar-refractivity contribution in [1.82, 2.24) is 9.78 Å². The highest BCUT2D eigenvalue weighted by Crippen LogP contribution is 2.33. The predicted octanol–water partition coefficient (Wildman–Crippen LogP) is 1.57. The van der Waals surface area contributed by atoms with E-state index in [-0.39, 0.29) is 17.1 Å². The maximum atomic E-state index is 11.0. The van der Waals surface area contributed by atoms with Gasteiger partial charge in [-0.15, -0.1) is 10.1 Å². The Morgan fingerprint density at radius 2 is 1.64 bits per heavy atom. The molecule has 0 fully saturated rings. The molecule has 0 N–H and O–H groups in total. The number of hydrogen-bond donors (Lipinski definition) is 0. The van der Waals surface area contributed by atoms with E-state index in [4.69, 9.17) is 0 Å². The number of aromatic nitrogens is 2. The Bertz CT molecular complexity index is 767. The monoisotopic (exact) mass is 309 g/mol. The molecule has 0 bridgehead atoms. The summed E-state index contributed by atoms with van der Waals surface area (Å²) in [5.41, 5.74) is -0.826. The van der Waals surface area contributed by atoms with Crippen molar-refractivity contribution < 1.29 is 19.8 Å². The van der Waals surface area contributed by atoms with E-state index >= 15 is 0 Å². The first-order valence-corrected chi connectivity index (χ1v) is 5.62. The number of rotatable bonds is 5. The third-order valence-electron chi connectivity index (χ3n) is 2.64. The lowest BCUT2D eigenvalue weighted by Crippen LogP contribution is -2.10. The van der Waals surface area contributed by atoms with E-state index in [0.717, 1.165) is 16.8 Å². The minimum atomic E-state index is -1.20. The topological polar surface area (TPSA) is 156 Å². The fourth-order valence-corrected chi connectivity index (χ4v) is 1.75. The fourth-order valence-electron chi connectivity index (χ4n) is 1.75. The van der Waals surface area contributed by atoms with Crippen LogP contribution >= 0.6 is 0 Å². The molecule has 22 heavy (non-hydrogen) atoms. The maximum Gasteiger partial charge on any atom is 0.340 e. The number of aryl methyl sites for hydroxylation is 1. The van der Waals surface area contributed by atoms with Crippen LogP contribution in [0.5, 0.6) is 5.88 Å². The Labute approximate surface area is 120 Å². The molecule has 0 amide bonds. The first kappa shape index (κ1) is 14.8. The average molecular weight is 309 g/mol. The van der Waals surface area contributed by atoms with E-state index in [1.54, 1.807) is 0 Å². The van der Waals surface area contributed by atoms with Gasteiger partial charge in [0.25, 0.3) is 11.6 Å². The van der Waals surface area contributed by atoms with Crippen LogP contribution in [0.25, 0.3) is 5.69 Å². The second-order valence-electron chi connectivity index (χ2n) is 4.00. The Kier molecular flexibility index (Phi) is 3.66. The Morgan fingerprint density at radius 3 is 2.09 bits per heavy atom. The molecule has 1 heterocycles. The molecule has 0 unspecified atom stereocenters. The molecule has 1 aromatic heterocycles. The molecule has 2 rings (SSSR count). The van der Waals surface area contributed by atoms with Gasteiger partial charge in [0.05, 0.1) is 15.5 Å². The van der Waals surface area contributed by atoms with Crippen LogP contribution in [-0.4, -0.2) is 24.7 Å². The zero-order chi connectivity index (χ0) is 16.4. The lowest BCUT2D eigenvalue weighted by atomic mass is 10.3. The van der Waals surface area contributed by atoms with Crippen LogP contribution in [0, 0.1) is 37.3 Å². The van der Waals surface area contributed by atoms with Crippen LogP contribution < -0.4 is 4.84 Å². The van der Waals surface area contributed by atoms with E-state index < -0.39 is 26.5 Å². The van der Waals surface area contributed by atoms with Gasteiger partial charge >= 0.3 is 10.8 Å². The zero-order valence-corrected chi connectivity index (χ0v) is 10.9. The summed E-state index contributed by atoms with van der Waals surface area (Å²) in [6, 6.07) is 4.74. The molecule has 0 saturated heterocycles. The Morgan fingerprint density at radius 1 is 1.05 bits per heavy atom. The predicted molar refractivity (Wildman–Crippen MR) is 69.2 cm³/mol. The Balaban J connectivity index is 2.59.